The van der Waals surface area contributed by atoms with Crippen LogP contribution in [0.1, 0.15) is 11.3 Å². The molecule has 0 saturated heterocycles. The van der Waals surface area contributed by atoms with Crippen LogP contribution in [0.5, 0.6) is 5.75 Å². The highest BCUT2D eigenvalue weighted by atomic mass is 16.5. The van der Waals surface area contributed by atoms with E-state index >= 15 is 0 Å². The van der Waals surface area contributed by atoms with E-state index in [0.717, 1.165) is 28.3 Å². The van der Waals surface area contributed by atoms with Crippen molar-refractivity contribution in [1.82, 2.24) is 19.6 Å². The third-order valence-electron chi connectivity index (χ3n) is 3.87. The predicted octanol–water partition coefficient (Wildman–Crippen LogP) is 3.31. The maximum atomic E-state index is 5.18. The molecule has 0 fully saturated rings. The minimum absolute atomic E-state index is 0.527. The number of nitrogens with zero attached hydrogens (tertiary/aromatic N) is 4. The van der Waals surface area contributed by atoms with Crippen molar-refractivity contribution in [2.24, 2.45) is 0 Å². The van der Waals surface area contributed by atoms with E-state index in [0.29, 0.717) is 18.3 Å². The summed E-state index contributed by atoms with van der Waals surface area (Å²) in [6, 6.07) is 11.7. The molecule has 7 heteroatoms. The zero-order valence-electron chi connectivity index (χ0n) is 13.9. The molecule has 0 spiro atoms. The second-order valence-corrected chi connectivity index (χ2v) is 5.64. The second kappa shape index (κ2) is 6.27. The first-order valence-electron chi connectivity index (χ1n) is 7.87. The number of rotatable bonds is 5. The number of nitrogens with one attached hydrogen (secondary N) is 1. The van der Waals surface area contributed by atoms with Crippen molar-refractivity contribution in [2.75, 3.05) is 12.4 Å². The van der Waals surface area contributed by atoms with E-state index in [9.17, 15) is 0 Å². The van der Waals surface area contributed by atoms with Crippen LogP contribution < -0.4 is 10.1 Å². The molecule has 0 amide bonds. The van der Waals surface area contributed by atoms with Crippen molar-refractivity contribution in [3.05, 3.63) is 60.2 Å². The highest BCUT2D eigenvalue weighted by Crippen LogP contribution is 2.21. The third kappa shape index (κ3) is 3.03. The Labute approximate surface area is 144 Å². The number of anilines is 1. The lowest BCUT2D eigenvalue weighted by molar-refractivity contribution is 0.414. The maximum Gasteiger partial charge on any atom is 0.254 e. The Balaban J connectivity index is 1.61. The largest absolute Gasteiger partial charge is 0.497 e. The molecule has 3 heterocycles. The number of ether oxygens (including phenoxy) is 1. The second-order valence-electron chi connectivity index (χ2n) is 5.64. The first-order valence-corrected chi connectivity index (χ1v) is 7.87. The fourth-order valence-corrected chi connectivity index (χ4v) is 2.60. The van der Waals surface area contributed by atoms with Gasteiger partial charge in [-0.1, -0.05) is 12.1 Å². The molecule has 25 heavy (non-hydrogen) atoms. The minimum atomic E-state index is 0.527. The summed E-state index contributed by atoms with van der Waals surface area (Å²) in [6.45, 7) is 2.55. The minimum Gasteiger partial charge on any atom is -0.497 e. The summed E-state index contributed by atoms with van der Waals surface area (Å²) < 4.78 is 12.1. The van der Waals surface area contributed by atoms with Crippen molar-refractivity contribution in [1.29, 1.82) is 0 Å². The molecule has 0 aliphatic heterocycles. The Morgan fingerprint density at radius 1 is 1.16 bits per heavy atom. The predicted molar refractivity (Wildman–Crippen MR) is 93.5 cm³/mol. The molecular weight excluding hydrogens is 318 g/mol. The summed E-state index contributed by atoms with van der Waals surface area (Å²) in [4.78, 5) is 8.91. The van der Waals surface area contributed by atoms with Gasteiger partial charge in [0, 0.05) is 17.8 Å². The van der Waals surface area contributed by atoms with Gasteiger partial charge in [0.15, 0.2) is 0 Å². The van der Waals surface area contributed by atoms with Gasteiger partial charge in [0.1, 0.15) is 5.75 Å². The smallest absolute Gasteiger partial charge is 0.254 e. The van der Waals surface area contributed by atoms with Gasteiger partial charge in [-0.15, -0.1) is 5.10 Å². The van der Waals surface area contributed by atoms with Crippen LogP contribution in [-0.4, -0.2) is 26.7 Å². The SMILES string of the molecule is COc1ccc(CNc2nc3nc(C)cc(-c4ccoc4)n3n2)cc1. The maximum absolute atomic E-state index is 5.18. The Bertz CT molecular complexity index is 990. The standard InChI is InChI=1S/C18H17N5O2/c1-12-9-16(14-7-8-25-11-14)23-18(20-12)21-17(22-23)19-10-13-3-5-15(24-2)6-4-13/h3-9,11H,10H2,1-2H3,(H,19,22). The average molecular weight is 335 g/mol. The summed E-state index contributed by atoms with van der Waals surface area (Å²) in [6.07, 6.45) is 3.32. The number of hydrogen-bond donors (Lipinski definition) is 1. The van der Waals surface area contributed by atoms with Gasteiger partial charge in [0.25, 0.3) is 5.78 Å². The van der Waals surface area contributed by atoms with Crippen LogP contribution >= 0.6 is 0 Å². The van der Waals surface area contributed by atoms with Gasteiger partial charge in [0.2, 0.25) is 5.95 Å². The van der Waals surface area contributed by atoms with Crippen molar-refractivity contribution >= 4 is 11.7 Å². The number of aryl methyl sites for hydroxylation is 1. The van der Waals surface area contributed by atoms with Crippen LogP contribution in [0.2, 0.25) is 0 Å². The molecule has 4 aromatic rings. The van der Waals surface area contributed by atoms with E-state index in [2.05, 4.69) is 20.4 Å². The van der Waals surface area contributed by atoms with Gasteiger partial charge in [-0.3, -0.25) is 0 Å². The Morgan fingerprint density at radius 2 is 2.00 bits per heavy atom. The Hall–Kier alpha value is -3.35. The van der Waals surface area contributed by atoms with Gasteiger partial charge in [0.05, 0.1) is 25.3 Å². The molecule has 7 nitrogen and oxygen atoms in total. The monoisotopic (exact) mass is 335 g/mol. The Morgan fingerprint density at radius 3 is 2.72 bits per heavy atom. The fraction of sp³-hybridized carbons (Fsp3) is 0.167. The molecular formula is C18H17N5O2. The highest BCUT2D eigenvalue weighted by molar-refractivity contribution is 5.61. The molecule has 0 aliphatic carbocycles. The molecule has 4 rings (SSSR count). The lowest BCUT2D eigenvalue weighted by atomic mass is 10.2. The van der Waals surface area contributed by atoms with Crippen LogP contribution in [-0.2, 0) is 6.54 Å². The number of benzene rings is 1. The van der Waals surface area contributed by atoms with Crippen LogP contribution in [0.3, 0.4) is 0 Å². The average Bonchev–Trinajstić information content (AvgIpc) is 3.29. The van der Waals surface area contributed by atoms with E-state index in [4.69, 9.17) is 9.15 Å². The van der Waals surface area contributed by atoms with E-state index in [1.54, 1.807) is 24.2 Å². The molecule has 1 aromatic carbocycles. The van der Waals surface area contributed by atoms with Gasteiger partial charge >= 0.3 is 0 Å². The van der Waals surface area contributed by atoms with Crippen molar-refractivity contribution in [3.8, 4) is 17.0 Å². The van der Waals surface area contributed by atoms with E-state index in [1.165, 1.54) is 0 Å². The number of fused-ring (bicyclic) bond motifs is 1. The van der Waals surface area contributed by atoms with Gasteiger partial charge in [-0.2, -0.15) is 9.50 Å². The molecule has 1 N–H and O–H groups in total. The van der Waals surface area contributed by atoms with Crippen LogP contribution in [0.25, 0.3) is 17.0 Å². The van der Waals surface area contributed by atoms with Crippen LogP contribution in [0.15, 0.2) is 53.3 Å². The molecule has 126 valence electrons. The molecule has 0 bridgehead atoms. The van der Waals surface area contributed by atoms with Crippen molar-refractivity contribution in [2.45, 2.75) is 13.5 Å². The first kappa shape index (κ1) is 15.2. The normalized spacial score (nSPS) is 11.0. The summed E-state index contributed by atoms with van der Waals surface area (Å²) in [7, 11) is 1.65. The highest BCUT2D eigenvalue weighted by Gasteiger charge is 2.12. The Kier molecular flexibility index (Phi) is 3.81. The number of hydrogen-bond acceptors (Lipinski definition) is 6. The molecule has 3 aromatic heterocycles. The van der Waals surface area contributed by atoms with Crippen molar-refractivity contribution in [3.63, 3.8) is 0 Å². The summed E-state index contributed by atoms with van der Waals surface area (Å²) in [5.74, 6) is 1.91. The quantitative estimate of drug-likeness (QED) is 0.603. The fourth-order valence-electron chi connectivity index (χ4n) is 2.60. The number of methoxy groups -OCH3 is 1. The van der Waals surface area contributed by atoms with Crippen molar-refractivity contribution < 1.29 is 9.15 Å². The lowest BCUT2D eigenvalue weighted by Gasteiger charge is -2.04. The van der Waals surface area contributed by atoms with Gasteiger partial charge in [-0.05, 0) is 36.8 Å². The van der Waals surface area contributed by atoms with E-state index < -0.39 is 0 Å². The molecule has 0 unspecified atom stereocenters. The lowest BCUT2D eigenvalue weighted by Crippen LogP contribution is -2.01. The summed E-state index contributed by atoms with van der Waals surface area (Å²) in [5.41, 5.74) is 3.81. The third-order valence-corrected chi connectivity index (χ3v) is 3.87. The van der Waals surface area contributed by atoms with E-state index in [1.807, 2.05) is 43.3 Å². The summed E-state index contributed by atoms with van der Waals surface area (Å²) in [5, 5.41) is 7.76. The van der Waals surface area contributed by atoms with Gasteiger partial charge < -0.3 is 14.5 Å². The topological polar surface area (TPSA) is 77.5 Å². The molecule has 0 atom stereocenters. The summed E-state index contributed by atoms with van der Waals surface area (Å²) >= 11 is 0. The first-order chi connectivity index (χ1) is 12.2. The van der Waals surface area contributed by atoms with E-state index in [-0.39, 0.29) is 0 Å². The molecule has 0 aliphatic rings. The zero-order valence-corrected chi connectivity index (χ0v) is 13.9. The number of aromatic nitrogens is 4. The zero-order chi connectivity index (χ0) is 17.2. The molecule has 0 radical (unpaired) electrons. The molecule has 0 saturated carbocycles. The van der Waals surface area contributed by atoms with Crippen LogP contribution in [0.4, 0.5) is 5.95 Å². The van der Waals surface area contributed by atoms with Crippen LogP contribution in [0, 0.1) is 6.92 Å². The number of furan rings is 1. The van der Waals surface area contributed by atoms with Gasteiger partial charge in [-0.25, -0.2) is 4.98 Å².